The summed E-state index contributed by atoms with van der Waals surface area (Å²) in [5.74, 6) is -0.199. The fourth-order valence-corrected chi connectivity index (χ4v) is 6.03. The number of carbonyl (C=O) groups is 1. The minimum atomic E-state index is -1.57. The smallest absolute Gasteiger partial charge is 0.220 e. The van der Waals surface area contributed by atoms with E-state index >= 15 is 0 Å². The Morgan fingerprint density at radius 1 is 0.667 bits per heavy atom. The molecule has 9 heteroatoms. The first-order valence-corrected chi connectivity index (χ1v) is 20.4. The molecule has 0 aromatic rings. The molecule has 1 fully saturated rings. The van der Waals surface area contributed by atoms with Crippen LogP contribution in [-0.2, 0) is 14.3 Å². The van der Waals surface area contributed by atoms with Gasteiger partial charge in [-0.05, 0) is 57.8 Å². The number of nitrogens with one attached hydrogen (secondary N) is 1. The van der Waals surface area contributed by atoms with Crippen LogP contribution in [0.3, 0.4) is 0 Å². The molecule has 7 atom stereocenters. The normalized spacial score (nSPS) is 22.5. The number of allylic oxidation sites excluding steroid dienone is 7. The van der Waals surface area contributed by atoms with Crippen molar-refractivity contribution in [1.29, 1.82) is 0 Å². The summed E-state index contributed by atoms with van der Waals surface area (Å²) in [5.41, 5.74) is 0. The lowest BCUT2D eigenvalue weighted by atomic mass is 9.99. The molecule has 0 bridgehead atoms. The van der Waals surface area contributed by atoms with Crippen molar-refractivity contribution < 1.29 is 39.8 Å². The van der Waals surface area contributed by atoms with Crippen molar-refractivity contribution in [3.8, 4) is 0 Å². The third-order valence-electron chi connectivity index (χ3n) is 9.36. The molecule has 0 radical (unpaired) electrons. The van der Waals surface area contributed by atoms with Gasteiger partial charge in [-0.3, -0.25) is 4.79 Å². The SMILES string of the molecule is CCC/C=C/CC/C=C/C(O)C(COC1OC(CO)C(O)C(O)C1O)NC(=O)CCCCCCCCCCC/C=C\C/C=C\CCCCCCC. The van der Waals surface area contributed by atoms with E-state index in [9.17, 15) is 30.3 Å². The predicted molar refractivity (Wildman–Crippen MR) is 207 cm³/mol. The Bertz CT molecular complexity index is 936. The summed E-state index contributed by atoms with van der Waals surface area (Å²) >= 11 is 0. The summed E-state index contributed by atoms with van der Waals surface area (Å²) in [5, 5.41) is 53.7. The summed E-state index contributed by atoms with van der Waals surface area (Å²) in [6.45, 7) is 3.61. The number of ether oxygens (including phenoxy) is 2. The summed E-state index contributed by atoms with van der Waals surface area (Å²) in [6.07, 6.45) is 33.3. The average molecular weight is 722 g/mol. The van der Waals surface area contributed by atoms with Gasteiger partial charge in [0.05, 0.1) is 25.4 Å². The minimum Gasteiger partial charge on any atom is -0.394 e. The molecule has 1 heterocycles. The van der Waals surface area contributed by atoms with Crippen molar-refractivity contribution in [3.05, 3.63) is 48.6 Å². The zero-order valence-electron chi connectivity index (χ0n) is 32.1. The quantitative estimate of drug-likeness (QED) is 0.0309. The van der Waals surface area contributed by atoms with E-state index in [2.05, 4.69) is 55.6 Å². The highest BCUT2D eigenvalue weighted by Crippen LogP contribution is 2.22. The molecule has 1 rings (SSSR count). The van der Waals surface area contributed by atoms with Gasteiger partial charge < -0.3 is 40.3 Å². The summed E-state index contributed by atoms with van der Waals surface area (Å²) in [6, 6.07) is -0.820. The standard InChI is InChI=1S/C42H75NO8/c1-3-5-7-9-11-12-13-14-15-16-17-18-19-20-21-22-23-24-26-28-30-32-38(46)43-35(36(45)31-29-27-25-10-8-6-4-2)34-50-42-41(49)40(48)39(47)37(33-44)51-42/h8,10,13-14,16-17,29,31,35-37,39-42,44-45,47-49H,3-7,9,11-12,15,18-28,30,32-34H2,1-2H3,(H,43,46)/b10-8+,14-13-,17-16-,31-29+. The molecule has 0 aromatic carbocycles. The molecule has 9 nitrogen and oxygen atoms in total. The van der Waals surface area contributed by atoms with Crippen molar-refractivity contribution >= 4 is 5.91 Å². The molecule has 6 N–H and O–H groups in total. The number of unbranched alkanes of at least 4 members (excludes halogenated alkanes) is 16. The largest absolute Gasteiger partial charge is 0.394 e. The molecule has 296 valence electrons. The van der Waals surface area contributed by atoms with Crippen LogP contribution in [0.1, 0.15) is 155 Å². The molecular formula is C42H75NO8. The maximum absolute atomic E-state index is 12.8. The molecular weight excluding hydrogens is 646 g/mol. The molecule has 1 amide bonds. The first kappa shape index (κ1) is 47.2. The number of hydrogen-bond donors (Lipinski definition) is 6. The maximum atomic E-state index is 12.8. The fraction of sp³-hybridized carbons (Fsp3) is 0.786. The first-order valence-electron chi connectivity index (χ1n) is 20.4. The van der Waals surface area contributed by atoms with Gasteiger partial charge in [0.25, 0.3) is 0 Å². The lowest BCUT2D eigenvalue weighted by Gasteiger charge is -2.40. The topological polar surface area (TPSA) is 149 Å². The fourth-order valence-electron chi connectivity index (χ4n) is 6.03. The van der Waals surface area contributed by atoms with Crippen LogP contribution in [0.15, 0.2) is 48.6 Å². The van der Waals surface area contributed by atoms with Crippen molar-refractivity contribution in [1.82, 2.24) is 5.32 Å². The summed E-state index contributed by atoms with van der Waals surface area (Å²) in [7, 11) is 0. The average Bonchev–Trinajstić information content (AvgIpc) is 3.13. The number of aliphatic hydroxyl groups excluding tert-OH is 5. The van der Waals surface area contributed by atoms with E-state index in [0.29, 0.717) is 6.42 Å². The van der Waals surface area contributed by atoms with Crippen molar-refractivity contribution in [2.75, 3.05) is 13.2 Å². The third-order valence-corrected chi connectivity index (χ3v) is 9.36. The van der Waals surface area contributed by atoms with E-state index in [1.807, 2.05) is 6.08 Å². The second-order valence-corrected chi connectivity index (χ2v) is 14.1. The van der Waals surface area contributed by atoms with E-state index in [0.717, 1.165) is 57.8 Å². The second kappa shape index (κ2) is 32.8. The zero-order chi connectivity index (χ0) is 37.4. The van der Waals surface area contributed by atoms with Crippen LogP contribution in [-0.4, -0.2) is 87.5 Å². The Hall–Kier alpha value is -1.85. The molecule has 51 heavy (non-hydrogen) atoms. The number of hydrogen-bond acceptors (Lipinski definition) is 8. The Labute approximate surface area is 310 Å². The van der Waals surface area contributed by atoms with Crippen LogP contribution >= 0.6 is 0 Å². The second-order valence-electron chi connectivity index (χ2n) is 14.1. The molecule has 0 aromatic heterocycles. The molecule has 0 spiro atoms. The molecule has 0 saturated carbocycles. The monoisotopic (exact) mass is 722 g/mol. The molecule has 7 unspecified atom stereocenters. The predicted octanol–water partition coefficient (Wildman–Crippen LogP) is 7.50. The van der Waals surface area contributed by atoms with Gasteiger partial charge in [0.1, 0.15) is 24.4 Å². The molecule has 1 aliphatic rings. The Kier molecular flexibility index (Phi) is 30.3. The zero-order valence-corrected chi connectivity index (χ0v) is 32.1. The minimum absolute atomic E-state index is 0.199. The van der Waals surface area contributed by atoms with Gasteiger partial charge >= 0.3 is 0 Å². The van der Waals surface area contributed by atoms with Crippen molar-refractivity contribution in [3.63, 3.8) is 0 Å². The molecule has 1 saturated heterocycles. The summed E-state index contributed by atoms with van der Waals surface area (Å²) in [4.78, 5) is 12.8. The van der Waals surface area contributed by atoms with Crippen LogP contribution < -0.4 is 5.32 Å². The Morgan fingerprint density at radius 3 is 1.82 bits per heavy atom. The van der Waals surface area contributed by atoms with Crippen LogP contribution in [0.4, 0.5) is 0 Å². The van der Waals surface area contributed by atoms with Gasteiger partial charge in [0.15, 0.2) is 6.29 Å². The highest BCUT2D eigenvalue weighted by Gasteiger charge is 2.44. The van der Waals surface area contributed by atoms with E-state index in [4.69, 9.17) is 9.47 Å². The molecule has 0 aliphatic carbocycles. The lowest BCUT2D eigenvalue weighted by Crippen LogP contribution is -2.60. The van der Waals surface area contributed by atoms with Crippen LogP contribution in [0, 0.1) is 0 Å². The highest BCUT2D eigenvalue weighted by molar-refractivity contribution is 5.76. The Morgan fingerprint density at radius 2 is 1.22 bits per heavy atom. The van der Waals surface area contributed by atoms with E-state index in [1.165, 1.54) is 77.0 Å². The van der Waals surface area contributed by atoms with E-state index in [-0.39, 0.29) is 12.5 Å². The maximum Gasteiger partial charge on any atom is 0.220 e. The number of amides is 1. The number of carbonyl (C=O) groups excluding carboxylic acids is 1. The lowest BCUT2D eigenvalue weighted by molar-refractivity contribution is -0.302. The number of rotatable bonds is 32. The van der Waals surface area contributed by atoms with Gasteiger partial charge in [0, 0.05) is 6.42 Å². The number of aliphatic hydroxyl groups is 5. The van der Waals surface area contributed by atoms with E-state index < -0.39 is 49.5 Å². The van der Waals surface area contributed by atoms with Gasteiger partial charge in [-0.25, -0.2) is 0 Å². The van der Waals surface area contributed by atoms with Crippen LogP contribution in [0.25, 0.3) is 0 Å². The van der Waals surface area contributed by atoms with Gasteiger partial charge in [-0.2, -0.15) is 0 Å². The van der Waals surface area contributed by atoms with Crippen molar-refractivity contribution in [2.24, 2.45) is 0 Å². The summed E-state index contributed by atoms with van der Waals surface area (Å²) < 4.78 is 11.1. The van der Waals surface area contributed by atoms with Crippen molar-refractivity contribution in [2.45, 2.75) is 198 Å². The van der Waals surface area contributed by atoms with E-state index in [1.54, 1.807) is 6.08 Å². The molecule has 1 aliphatic heterocycles. The first-order chi connectivity index (χ1) is 24.8. The van der Waals surface area contributed by atoms with Gasteiger partial charge in [0.2, 0.25) is 5.91 Å². The van der Waals surface area contributed by atoms with Gasteiger partial charge in [-0.1, -0.05) is 140 Å². The highest BCUT2D eigenvalue weighted by atomic mass is 16.7. The third kappa shape index (κ3) is 24.2. The Balaban J connectivity index is 2.29. The van der Waals surface area contributed by atoms with Crippen LogP contribution in [0.5, 0.6) is 0 Å². The van der Waals surface area contributed by atoms with Gasteiger partial charge in [-0.15, -0.1) is 0 Å². The van der Waals surface area contributed by atoms with Crippen LogP contribution in [0.2, 0.25) is 0 Å².